The summed E-state index contributed by atoms with van der Waals surface area (Å²) in [5.74, 6) is -3.89. The maximum Gasteiger partial charge on any atom is 0.427 e. The number of carbonyl (C=O) groups excluding carboxylic acids is 2. The highest BCUT2D eigenvalue weighted by Gasteiger charge is 2.48. The van der Waals surface area contributed by atoms with Crippen LogP contribution in [-0.4, -0.2) is 59.8 Å². The molecule has 1 aromatic rings. The molecule has 34 heavy (non-hydrogen) atoms. The summed E-state index contributed by atoms with van der Waals surface area (Å²) in [4.78, 5) is 30.7. The van der Waals surface area contributed by atoms with Gasteiger partial charge < -0.3 is 9.47 Å². The van der Waals surface area contributed by atoms with Gasteiger partial charge in [0.05, 0.1) is 5.75 Å². The molecule has 0 spiro atoms. The first kappa shape index (κ1) is 28.2. The molecule has 0 saturated carbocycles. The Morgan fingerprint density at radius 1 is 1.09 bits per heavy atom. The number of halogens is 3. The molecule has 0 N–H and O–H groups in total. The maximum atomic E-state index is 14.8. The van der Waals surface area contributed by atoms with E-state index in [4.69, 9.17) is 9.47 Å². The van der Waals surface area contributed by atoms with Crippen molar-refractivity contribution in [3.8, 4) is 0 Å². The lowest BCUT2D eigenvalue weighted by Gasteiger charge is -2.39. The average Bonchev–Trinajstić information content (AvgIpc) is 2.58. The SMILES string of the molecule is CN1C(N(C(=O)OC(C)(C)C)C(=O)OC(C)(C)C)=N[C@](C)(c2cc(I)cc(F)c2F)CS1(=O)=O. The lowest BCUT2D eigenvalue weighted by atomic mass is 9.94. The van der Waals surface area contributed by atoms with Crippen molar-refractivity contribution in [1.82, 2.24) is 9.21 Å². The molecule has 2 amide bonds. The van der Waals surface area contributed by atoms with Crippen LogP contribution in [0.3, 0.4) is 0 Å². The van der Waals surface area contributed by atoms with Crippen LogP contribution < -0.4 is 0 Å². The molecule has 0 aromatic heterocycles. The minimum Gasteiger partial charge on any atom is -0.443 e. The maximum absolute atomic E-state index is 14.8. The first-order valence-corrected chi connectivity index (χ1v) is 12.8. The minimum absolute atomic E-state index is 0.303. The van der Waals surface area contributed by atoms with Gasteiger partial charge in [0.2, 0.25) is 16.0 Å². The fourth-order valence-electron chi connectivity index (χ4n) is 3.03. The molecule has 13 heteroatoms. The highest BCUT2D eigenvalue weighted by Crippen LogP contribution is 2.36. The van der Waals surface area contributed by atoms with Crippen LogP contribution in [0.1, 0.15) is 54.0 Å². The number of aliphatic imine (C=N–C) groups is 1. The summed E-state index contributed by atoms with van der Waals surface area (Å²) in [6.07, 6.45) is -2.50. The van der Waals surface area contributed by atoms with Crippen molar-refractivity contribution < 1.29 is 36.3 Å². The Hall–Kier alpha value is -2.03. The molecule has 1 atom stereocenters. The second-order valence-electron chi connectivity index (χ2n) is 9.95. The van der Waals surface area contributed by atoms with Crippen molar-refractivity contribution in [3.05, 3.63) is 32.9 Å². The fraction of sp³-hybridized carbons (Fsp3) is 0.571. The van der Waals surface area contributed by atoms with E-state index in [2.05, 4.69) is 4.99 Å². The van der Waals surface area contributed by atoms with E-state index in [-0.39, 0.29) is 5.56 Å². The van der Waals surface area contributed by atoms with Crippen molar-refractivity contribution in [2.45, 2.75) is 65.2 Å². The van der Waals surface area contributed by atoms with Crippen LogP contribution in [0.25, 0.3) is 0 Å². The van der Waals surface area contributed by atoms with Crippen molar-refractivity contribution >= 4 is 50.8 Å². The Labute approximate surface area is 211 Å². The van der Waals surface area contributed by atoms with E-state index in [1.54, 1.807) is 64.1 Å². The number of hydrogen-bond acceptors (Lipinski definition) is 7. The van der Waals surface area contributed by atoms with Crippen molar-refractivity contribution in [1.29, 1.82) is 0 Å². The van der Waals surface area contributed by atoms with Gasteiger partial charge in [0.15, 0.2) is 11.6 Å². The predicted octanol–water partition coefficient (Wildman–Crippen LogP) is 4.59. The molecule has 0 fully saturated rings. The number of carbonyl (C=O) groups is 2. The summed E-state index contributed by atoms with van der Waals surface area (Å²) < 4.78 is 66.6. The number of hydrogen-bond donors (Lipinski definition) is 0. The van der Waals surface area contributed by atoms with E-state index in [1.807, 2.05) is 0 Å². The van der Waals surface area contributed by atoms with Gasteiger partial charge in [-0.05, 0) is 83.2 Å². The normalized spacial score (nSPS) is 20.4. The summed E-state index contributed by atoms with van der Waals surface area (Å²) in [6, 6.07) is 2.21. The first-order chi connectivity index (χ1) is 15.2. The first-order valence-electron chi connectivity index (χ1n) is 10.1. The van der Waals surface area contributed by atoms with E-state index >= 15 is 0 Å². The average molecular weight is 615 g/mol. The molecule has 1 aliphatic rings. The van der Waals surface area contributed by atoms with E-state index in [1.165, 1.54) is 13.0 Å². The summed E-state index contributed by atoms with van der Waals surface area (Å²) in [5.41, 5.74) is -4.34. The summed E-state index contributed by atoms with van der Waals surface area (Å²) in [6.45, 7) is 10.6. The van der Waals surface area contributed by atoms with Crippen LogP contribution >= 0.6 is 22.6 Å². The predicted molar refractivity (Wildman–Crippen MR) is 130 cm³/mol. The molecule has 0 bridgehead atoms. The number of nitrogens with zero attached hydrogens (tertiary/aromatic N) is 3. The van der Waals surface area contributed by atoms with Gasteiger partial charge in [-0.15, -0.1) is 4.90 Å². The molecule has 1 aromatic carbocycles. The third-order valence-corrected chi connectivity index (χ3v) is 6.98. The smallest absolute Gasteiger partial charge is 0.427 e. The van der Waals surface area contributed by atoms with Gasteiger partial charge in [-0.3, -0.25) is 0 Å². The van der Waals surface area contributed by atoms with Crippen molar-refractivity contribution in [3.63, 3.8) is 0 Å². The van der Waals surface area contributed by atoms with Crippen LogP contribution in [-0.2, 0) is 25.0 Å². The monoisotopic (exact) mass is 615 g/mol. The van der Waals surface area contributed by atoms with E-state index < -0.39 is 62.3 Å². The Morgan fingerprint density at radius 2 is 1.56 bits per heavy atom. The van der Waals surface area contributed by atoms with Gasteiger partial charge in [0.25, 0.3) is 0 Å². The van der Waals surface area contributed by atoms with E-state index in [0.29, 0.717) is 12.8 Å². The second-order valence-corrected chi connectivity index (χ2v) is 13.2. The molecular weight excluding hydrogens is 587 g/mol. The summed E-state index contributed by atoms with van der Waals surface area (Å²) in [7, 11) is -3.17. The fourth-order valence-corrected chi connectivity index (χ4v) is 5.11. The Bertz CT molecular complexity index is 1120. The number of benzene rings is 1. The zero-order valence-corrected chi connectivity index (χ0v) is 23.2. The van der Waals surface area contributed by atoms with Gasteiger partial charge in [-0.1, -0.05) is 0 Å². The second kappa shape index (κ2) is 9.21. The number of rotatable bonds is 1. The lowest BCUT2D eigenvalue weighted by molar-refractivity contribution is 0.0133. The molecular formula is C21H28F2IN3O6S. The van der Waals surface area contributed by atoms with Gasteiger partial charge >= 0.3 is 12.2 Å². The molecule has 0 radical (unpaired) electrons. The molecule has 1 heterocycles. The number of amides is 2. The Morgan fingerprint density at radius 3 is 2.00 bits per heavy atom. The number of guanidine groups is 1. The van der Waals surface area contributed by atoms with Gasteiger partial charge in [0, 0.05) is 16.2 Å². The Balaban J connectivity index is 2.79. The van der Waals surface area contributed by atoms with Crippen LogP contribution in [0.15, 0.2) is 17.1 Å². The van der Waals surface area contributed by atoms with Crippen LogP contribution in [0.5, 0.6) is 0 Å². The minimum atomic E-state index is -4.25. The van der Waals surface area contributed by atoms with Crippen LogP contribution in [0.4, 0.5) is 18.4 Å². The summed E-state index contributed by atoms with van der Waals surface area (Å²) >= 11 is 1.76. The van der Waals surface area contributed by atoms with E-state index in [9.17, 15) is 26.8 Å². The van der Waals surface area contributed by atoms with Gasteiger partial charge in [-0.25, -0.2) is 36.1 Å². The molecule has 1 aliphatic heterocycles. The molecule has 9 nitrogen and oxygen atoms in total. The third kappa shape index (κ3) is 6.34. The van der Waals surface area contributed by atoms with Gasteiger partial charge in [-0.2, -0.15) is 0 Å². The molecule has 190 valence electrons. The zero-order valence-electron chi connectivity index (χ0n) is 20.2. The zero-order chi connectivity index (χ0) is 26.4. The standard InChI is InChI=1S/C21H28F2IN3O6S/c1-19(2,3)32-17(28)27(18(29)33-20(4,5)6)16-25-21(7,11-34(30,31)26(16)8)13-9-12(24)10-14(22)15(13)23/h9-10H,11H2,1-8H3/t21-/m0/s1. The highest BCUT2D eigenvalue weighted by atomic mass is 127. The number of imide groups is 1. The van der Waals surface area contributed by atoms with E-state index in [0.717, 1.165) is 13.1 Å². The van der Waals surface area contributed by atoms with Crippen LogP contribution in [0, 0.1) is 15.2 Å². The molecule has 0 aliphatic carbocycles. The van der Waals surface area contributed by atoms with Crippen LogP contribution in [0.2, 0.25) is 0 Å². The number of ether oxygens (including phenoxy) is 2. The number of sulfonamides is 1. The molecule has 0 saturated heterocycles. The highest BCUT2D eigenvalue weighted by molar-refractivity contribution is 14.1. The van der Waals surface area contributed by atoms with Gasteiger partial charge in [0.1, 0.15) is 16.7 Å². The molecule has 2 rings (SSSR count). The third-order valence-electron chi connectivity index (χ3n) is 4.43. The topological polar surface area (TPSA) is 106 Å². The lowest BCUT2D eigenvalue weighted by Crippen LogP contribution is -2.58. The quantitative estimate of drug-likeness (QED) is 0.338. The van der Waals surface area contributed by atoms with Crippen molar-refractivity contribution in [2.24, 2.45) is 4.99 Å². The molecule has 0 unspecified atom stereocenters. The largest absolute Gasteiger partial charge is 0.443 e. The summed E-state index contributed by atoms with van der Waals surface area (Å²) in [5, 5.41) is 0. The Kier molecular flexibility index (Phi) is 7.64. The van der Waals surface area contributed by atoms with Crippen molar-refractivity contribution in [2.75, 3.05) is 12.8 Å².